The average molecular weight is 267 g/mol. The standard InChI is InChI=1S/C13H14FNO2S/c1-8(16)12-5-10(14)3-4-13(12)17-7-11-6-15-9(2)18-11/h3-6,8,16H,7H2,1-2H3. The Morgan fingerprint density at radius 2 is 2.28 bits per heavy atom. The number of thiazole rings is 1. The highest BCUT2D eigenvalue weighted by atomic mass is 32.1. The fourth-order valence-corrected chi connectivity index (χ4v) is 2.31. The first-order valence-corrected chi connectivity index (χ1v) is 6.39. The van der Waals surface area contributed by atoms with Gasteiger partial charge in [0, 0.05) is 11.8 Å². The summed E-state index contributed by atoms with van der Waals surface area (Å²) >= 11 is 1.55. The predicted octanol–water partition coefficient (Wildman–Crippen LogP) is 3.22. The Bertz CT molecular complexity index is 540. The molecule has 0 saturated heterocycles. The van der Waals surface area contributed by atoms with Crippen LogP contribution in [0.5, 0.6) is 5.75 Å². The van der Waals surface area contributed by atoms with E-state index in [1.165, 1.54) is 18.2 Å². The Labute approximate surface area is 109 Å². The molecule has 0 spiro atoms. The lowest BCUT2D eigenvalue weighted by molar-refractivity contribution is 0.189. The van der Waals surface area contributed by atoms with E-state index in [0.29, 0.717) is 17.9 Å². The molecule has 1 N–H and O–H groups in total. The van der Waals surface area contributed by atoms with Crippen molar-refractivity contribution in [1.82, 2.24) is 4.98 Å². The van der Waals surface area contributed by atoms with Crippen molar-refractivity contribution in [2.45, 2.75) is 26.6 Å². The molecule has 0 aliphatic carbocycles. The molecule has 1 unspecified atom stereocenters. The highest BCUT2D eigenvalue weighted by Gasteiger charge is 2.11. The summed E-state index contributed by atoms with van der Waals surface area (Å²) in [7, 11) is 0. The second-order valence-electron chi connectivity index (χ2n) is 3.99. The van der Waals surface area contributed by atoms with Crippen LogP contribution in [0, 0.1) is 12.7 Å². The molecule has 2 rings (SSSR count). The summed E-state index contributed by atoms with van der Waals surface area (Å²) in [5, 5.41) is 10.5. The third-order valence-corrected chi connectivity index (χ3v) is 3.35. The highest BCUT2D eigenvalue weighted by Crippen LogP contribution is 2.27. The maximum absolute atomic E-state index is 13.1. The Morgan fingerprint density at radius 3 is 2.89 bits per heavy atom. The number of benzene rings is 1. The van der Waals surface area contributed by atoms with E-state index in [-0.39, 0.29) is 5.82 Å². The molecule has 1 aromatic heterocycles. The molecule has 1 heterocycles. The Balaban J connectivity index is 2.13. The molecule has 18 heavy (non-hydrogen) atoms. The number of aromatic nitrogens is 1. The molecule has 1 aromatic carbocycles. The third kappa shape index (κ3) is 3.05. The van der Waals surface area contributed by atoms with Gasteiger partial charge in [0.25, 0.3) is 0 Å². The maximum atomic E-state index is 13.1. The summed E-state index contributed by atoms with van der Waals surface area (Å²) in [4.78, 5) is 5.12. The lowest BCUT2D eigenvalue weighted by atomic mass is 10.1. The zero-order valence-corrected chi connectivity index (χ0v) is 11.0. The van der Waals surface area contributed by atoms with Gasteiger partial charge < -0.3 is 9.84 Å². The van der Waals surface area contributed by atoms with Crippen LogP contribution in [-0.2, 0) is 6.61 Å². The summed E-state index contributed by atoms with van der Waals surface area (Å²) in [6, 6.07) is 4.14. The number of rotatable bonds is 4. The quantitative estimate of drug-likeness (QED) is 0.924. The molecule has 1 atom stereocenters. The smallest absolute Gasteiger partial charge is 0.125 e. The van der Waals surface area contributed by atoms with E-state index in [2.05, 4.69) is 4.98 Å². The van der Waals surface area contributed by atoms with Gasteiger partial charge in [0.15, 0.2) is 0 Å². The zero-order chi connectivity index (χ0) is 13.1. The first kappa shape index (κ1) is 13.0. The largest absolute Gasteiger partial charge is 0.488 e. The van der Waals surface area contributed by atoms with Crippen LogP contribution in [0.25, 0.3) is 0 Å². The second-order valence-corrected chi connectivity index (χ2v) is 5.31. The highest BCUT2D eigenvalue weighted by molar-refractivity contribution is 7.11. The molecule has 96 valence electrons. The van der Waals surface area contributed by atoms with E-state index in [4.69, 9.17) is 4.74 Å². The number of aliphatic hydroxyl groups is 1. The number of halogens is 1. The molecule has 2 aromatic rings. The summed E-state index contributed by atoms with van der Waals surface area (Å²) in [5.41, 5.74) is 0.455. The van der Waals surface area contributed by atoms with Crippen molar-refractivity contribution in [2.75, 3.05) is 0 Å². The molecule has 0 radical (unpaired) electrons. The monoisotopic (exact) mass is 267 g/mol. The number of ether oxygens (including phenoxy) is 1. The van der Waals surface area contributed by atoms with Gasteiger partial charge in [-0.1, -0.05) is 0 Å². The predicted molar refractivity (Wildman–Crippen MR) is 68.2 cm³/mol. The van der Waals surface area contributed by atoms with Gasteiger partial charge in [-0.3, -0.25) is 0 Å². The molecule has 0 aliphatic heterocycles. The van der Waals surface area contributed by atoms with E-state index >= 15 is 0 Å². The van der Waals surface area contributed by atoms with Crippen molar-refractivity contribution in [3.05, 3.63) is 45.7 Å². The molecule has 0 saturated carbocycles. The van der Waals surface area contributed by atoms with Gasteiger partial charge in [-0.2, -0.15) is 0 Å². The van der Waals surface area contributed by atoms with Crippen LogP contribution in [0.4, 0.5) is 4.39 Å². The molecular weight excluding hydrogens is 253 g/mol. The van der Waals surface area contributed by atoms with E-state index in [0.717, 1.165) is 9.88 Å². The van der Waals surface area contributed by atoms with Gasteiger partial charge in [-0.15, -0.1) is 11.3 Å². The number of hydrogen-bond acceptors (Lipinski definition) is 4. The van der Waals surface area contributed by atoms with E-state index in [9.17, 15) is 9.50 Å². The summed E-state index contributed by atoms with van der Waals surface area (Å²) in [6.07, 6.45) is 0.991. The van der Waals surface area contributed by atoms with Crippen LogP contribution >= 0.6 is 11.3 Å². The van der Waals surface area contributed by atoms with Crippen LogP contribution in [0.15, 0.2) is 24.4 Å². The molecule has 3 nitrogen and oxygen atoms in total. The van der Waals surface area contributed by atoms with Gasteiger partial charge in [-0.25, -0.2) is 9.37 Å². The first-order chi connectivity index (χ1) is 8.56. The average Bonchev–Trinajstić information content (AvgIpc) is 2.73. The van der Waals surface area contributed by atoms with Crippen molar-refractivity contribution in [1.29, 1.82) is 0 Å². The maximum Gasteiger partial charge on any atom is 0.125 e. The minimum atomic E-state index is -0.765. The van der Waals surface area contributed by atoms with Crippen molar-refractivity contribution in [2.24, 2.45) is 0 Å². The fourth-order valence-electron chi connectivity index (χ4n) is 1.60. The van der Waals surface area contributed by atoms with Crippen molar-refractivity contribution < 1.29 is 14.2 Å². The summed E-state index contributed by atoms with van der Waals surface area (Å²) < 4.78 is 18.7. The van der Waals surface area contributed by atoms with Crippen LogP contribution < -0.4 is 4.74 Å². The summed E-state index contributed by atoms with van der Waals surface area (Å²) in [6.45, 7) is 3.88. The number of aryl methyl sites for hydroxylation is 1. The molecular formula is C13H14FNO2S. The number of hydrogen-bond donors (Lipinski definition) is 1. The van der Waals surface area contributed by atoms with Gasteiger partial charge >= 0.3 is 0 Å². The minimum Gasteiger partial charge on any atom is -0.488 e. The van der Waals surface area contributed by atoms with Crippen molar-refractivity contribution in [3.8, 4) is 5.75 Å². The first-order valence-electron chi connectivity index (χ1n) is 5.58. The normalized spacial score (nSPS) is 12.4. The Kier molecular flexibility index (Phi) is 3.93. The topological polar surface area (TPSA) is 42.4 Å². The van der Waals surface area contributed by atoms with Crippen molar-refractivity contribution in [3.63, 3.8) is 0 Å². The molecule has 0 amide bonds. The minimum absolute atomic E-state index is 0.372. The molecule has 0 fully saturated rings. The van der Waals surface area contributed by atoms with Gasteiger partial charge in [0.1, 0.15) is 18.2 Å². The SMILES string of the molecule is Cc1ncc(COc2ccc(F)cc2C(C)O)s1. The Hall–Kier alpha value is -1.46. The summed E-state index contributed by atoms with van der Waals surface area (Å²) in [5.74, 6) is 0.115. The molecule has 0 bridgehead atoms. The van der Waals surface area contributed by atoms with Crippen LogP contribution in [0.1, 0.15) is 28.5 Å². The van der Waals surface area contributed by atoms with Gasteiger partial charge in [0.2, 0.25) is 0 Å². The third-order valence-electron chi connectivity index (χ3n) is 2.46. The number of nitrogens with zero attached hydrogens (tertiary/aromatic N) is 1. The van der Waals surface area contributed by atoms with Crippen LogP contribution in [0.3, 0.4) is 0 Å². The Morgan fingerprint density at radius 1 is 1.50 bits per heavy atom. The fraction of sp³-hybridized carbons (Fsp3) is 0.308. The van der Waals surface area contributed by atoms with Gasteiger partial charge in [-0.05, 0) is 32.0 Å². The van der Waals surface area contributed by atoms with E-state index < -0.39 is 6.10 Å². The zero-order valence-electron chi connectivity index (χ0n) is 10.2. The number of aliphatic hydroxyl groups excluding tert-OH is 1. The van der Waals surface area contributed by atoms with Crippen LogP contribution in [0.2, 0.25) is 0 Å². The van der Waals surface area contributed by atoms with Crippen LogP contribution in [-0.4, -0.2) is 10.1 Å². The molecule has 0 aliphatic rings. The van der Waals surface area contributed by atoms with Gasteiger partial charge in [0.05, 0.1) is 16.0 Å². The van der Waals surface area contributed by atoms with E-state index in [1.54, 1.807) is 24.5 Å². The second kappa shape index (κ2) is 5.46. The van der Waals surface area contributed by atoms with Crippen molar-refractivity contribution >= 4 is 11.3 Å². The van der Waals surface area contributed by atoms with E-state index in [1.807, 2.05) is 6.92 Å². The lowest BCUT2D eigenvalue weighted by Crippen LogP contribution is -2.00. The molecule has 5 heteroatoms. The lowest BCUT2D eigenvalue weighted by Gasteiger charge is -2.12.